The zero-order chi connectivity index (χ0) is 13.2. The highest BCUT2D eigenvalue weighted by Gasteiger charge is 2.22. The molecule has 0 aliphatic heterocycles. The van der Waals surface area contributed by atoms with Gasteiger partial charge in [0.05, 0.1) is 5.69 Å². The predicted molar refractivity (Wildman–Crippen MR) is 74.3 cm³/mol. The lowest BCUT2D eigenvalue weighted by molar-refractivity contribution is 0.503. The molecule has 2 rings (SSSR count). The molecule has 18 heavy (non-hydrogen) atoms. The summed E-state index contributed by atoms with van der Waals surface area (Å²) in [6, 6.07) is 10.3. The summed E-state index contributed by atoms with van der Waals surface area (Å²) in [6.07, 6.45) is 1.80. The van der Waals surface area contributed by atoms with Crippen LogP contribution in [0.3, 0.4) is 0 Å². The normalized spacial score (nSPS) is 11.6. The van der Waals surface area contributed by atoms with Gasteiger partial charge in [0.25, 0.3) is 0 Å². The van der Waals surface area contributed by atoms with E-state index in [0.29, 0.717) is 6.54 Å². The molecule has 0 radical (unpaired) electrons. The van der Waals surface area contributed by atoms with Gasteiger partial charge in [0.1, 0.15) is 5.82 Å². The molecule has 0 saturated heterocycles. The Morgan fingerprint density at radius 2 is 1.78 bits per heavy atom. The Bertz CT molecular complexity index is 530. The summed E-state index contributed by atoms with van der Waals surface area (Å²) in [6.45, 7) is 6.72. The number of rotatable bonds is 3. The highest BCUT2D eigenvalue weighted by molar-refractivity contribution is 5.59. The van der Waals surface area contributed by atoms with Gasteiger partial charge in [0.15, 0.2) is 0 Å². The molecular formula is C15H19N3. The van der Waals surface area contributed by atoms with E-state index >= 15 is 0 Å². The van der Waals surface area contributed by atoms with Crippen LogP contribution in [0.15, 0.2) is 36.5 Å². The van der Waals surface area contributed by atoms with Gasteiger partial charge in [0.2, 0.25) is 0 Å². The van der Waals surface area contributed by atoms with Gasteiger partial charge in [-0.15, -0.1) is 0 Å². The second-order valence-electron chi connectivity index (χ2n) is 5.22. The van der Waals surface area contributed by atoms with Gasteiger partial charge in [-0.2, -0.15) is 0 Å². The molecule has 0 aliphatic carbocycles. The fraction of sp³-hybridized carbons (Fsp3) is 0.333. The van der Waals surface area contributed by atoms with Gasteiger partial charge in [-0.25, -0.2) is 9.97 Å². The highest BCUT2D eigenvalue weighted by atomic mass is 14.9. The molecule has 2 aromatic rings. The van der Waals surface area contributed by atoms with Gasteiger partial charge in [-0.05, 0) is 13.0 Å². The number of aromatic nitrogens is 2. The second kappa shape index (κ2) is 4.86. The number of nitrogens with zero attached hydrogens (tertiary/aromatic N) is 2. The molecule has 0 spiro atoms. The third-order valence-corrected chi connectivity index (χ3v) is 3.12. The minimum absolute atomic E-state index is 0.194. The van der Waals surface area contributed by atoms with E-state index in [0.717, 1.165) is 17.1 Å². The Hall–Kier alpha value is -1.74. The van der Waals surface area contributed by atoms with E-state index in [4.69, 9.17) is 5.73 Å². The monoisotopic (exact) mass is 241 g/mol. The lowest BCUT2D eigenvalue weighted by Gasteiger charge is -2.20. The summed E-state index contributed by atoms with van der Waals surface area (Å²) in [5.41, 5.74) is 8.87. The summed E-state index contributed by atoms with van der Waals surface area (Å²) in [4.78, 5) is 8.96. The Morgan fingerprint density at radius 1 is 1.11 bits per heavy atom. The molecule has 0 bridgehead atoms. The first-order chi connectivity index (χ1) is 8.53. The van der Waals surface area contributed by atoms with Crippen LogP contribution in [0.4, 0.5) is 0 Å². The van der Waals surface area contributed by atoms with Crippen LogP contribution in [-0.4, -0.2) is 16.5 Å². The first-order valence-corrected chi connectivity index (χ1v) is 6.13. The van der Waals surface area contributed by atoms with Gasteiger partial charge in [0, 0.05) is 23.7 Å². The molecule has 0 fully saturated rings. The fourth-order valence-corrected chi connectivity index (χ4v) is 1.66. The molecule has 3 nitrogen and oxygen atoms in total. The van der Waals surface area contributed by atoms with Gasteiger partial charge >= 0.3 is 0 Å². The second-order valence-corrected chi connectivity index (χ2v) is 5.22. The van der Waals surface area contributed by atoms with Crippen molar-refractivity contribution >= 4 is 0 Å². The molecule has 0 aliphatic rings. The summed E-state index contributed by atoms with van der Waals surface area (Å²) in [5, 5.41) is 0. The maximum Gasteiger partial charge on any atom is 0.135 e. The third kappa shape index (κ3) is 2.57. The van der Waals surface area contributed by atoms with Crippen LogP contribution in [0.1, 0.15) is 25.2 Å². The lowest BCUT2D eigenvalue weighted by atomic mass is 9.92. The van der Waals surface area contributed by atoms with E-state index < -0.39 is 0 Å². The summed E-state index contributed by atoms with van der Waals surface area (Å²) in [7, 11) is 0. The number of nitrogens with two attached hydrogens (primary N) is 1. The summed E-state index contributed by atoms with van der Waals surface area (Å²) < 4.78 is 0. The van der Waals surface area contributed by atoms with Gasteiger partial charge in [-0.3, -0.25) is 0 Å². The van der Waals surface area contributed by atoms with Crippen molar-refractivity contribution in [3.8, 4) is 11.3 Å². The minimum Gasteiger partial charge on any atom is -0.329 e. The molecular weight excluding hydrogens is 222 g/mol. The highest BCUT2D eigenvalue weighted by Crippen LogP contribution is 2.22. The van der Waals surface area contributed by atoms with Crippen molar-refractivity contribution in [1.82, 2.24) is 9.97 Å². The van der Waals surface area contributed by atoms with Crippen LogP contribution < -0.4 is 5.73 Å². The molecule has 1 aromatic carbocycles. The zero-order valence-corrected chi connectivity index (χ0v) is 11.1. The first-order valence-electron chi connectivity index (χ1n) is 6.13. The van der Waals surface area contributed by atoms with Crippen LogP contribution in [0, 0.1) is 6.92 Å². The summed E-state index contributed by atoms with van der Waals surface area (Å²) in [5.74, 6) is 0.795. The topological polar surface area (TPSA) is 51.8 Å². The number of hydrogen-bond acceptors (Lipinski definition) is 3. The van der Waals surface area contributed by atoms with Gasteiger partial charge < -0.3 is 5.73 Å². The third-order valence-electron chi connectivity index (χ3n) is 3.12. The standard InChI is InChI=1S/C15H19N3/c1-11-4-6-12(7-5-11)13-8-9-17-14(18-13)15(2,3)10-16/h4-9H,10,16H2,1-3H3. The average molecular weight is 241 g/mol. The number of benzene rings is 1. The van der Waals surface area contributed by atoms with Crippen molar-refractivity contribution in [3.63, 3.8) is 0 Å². The molecule has 1 aromatic heterocycles. The van der Waals surface area contributed by atoms with Gasteiger partial charge in [-0.1, -0.05) is 43.7 Å². The van der Waals surface area contributed by atoms with Crippen molar-refractivity contribution in [2.24, 2.45) is 5.73 Å². The molecule has 2 N–H and O–H groups in total. The Kier molecular flexibility index (Phi) is 3.43. The first kappa shape index (κ1) is 12.7. The molecule has 94 valence electrons. The van der Waals surface area contributed by atoms with Crippen molar-refractivity contribution < 1.29 is 0 Å². The van der Waals surface area contributed by atoms with Crippen LogP contribution in [-0.2, 0) is 5.41 Å². The predicted octanol–water partition coefficient (Wildman–Crippen LogP) is 2.69. The lowest BCUT2D eigenvalue weighted by Crippen LogP contribution is -2.30. The van der Waals surface area contributed by atoms with Crippen molar-refractivity contribution in [2.75, 3.05) is 6.54 Å². The average Bonchev–Trinajstić information content (AvgIpc) is 2.40. The van der Waals surface area contributed by atoms with Crippen molar-refractivity contribution in [1.29, 1.82) is 0 Å². The molecule has 0 unspecified atom stereocenters. The van der Waals surface area contributed by atoms with E-state index in [1.807, 2.05) is 6.07 Å². The smallest absolute Gasteiger partial charge is 0.135 e. The quantitative estimate of drug-likeness (QED) is 0.898. The SMILES string of the molecule is Cc1ccc(-c2ccnc(C(C)(C)CN)n2)cc1. The maximum absolute atomic E-state index is 5.77. The van der Waals surface area contributed by atoms with E-state index in [1.54, 1.807) is 6.20 Å². The van der Waals surface area contributed by atoms with Crippen LogP contribution in [0.25, 0.3) is 11.3 Å². The molecule has 3 heteroatoms. The van der Waals surface area contributed by atoms with Crippen LogP contribution >= 0.6 is 0 Å². The molecule has 0 atom stereocenters. The zero-order valence-electron chi connectivity index (χ0n) is 11.1. The van der Waals surface area contributed by atoms with E-state index in [2.05, 4.69) is 55.0 Å². The van der Waals surface area contributed by atoms with Crippen molar-refractivity contribution in [2.45, 2.75) is 26.2 Å². The van der Waals surface area contributed by atoms with E-state index in [-0.39, 0.29) is 5.41 Å². The van der Waals surface area contributed by atoms with E-state index in [1.165, 1.54) is 5.56 Å². The number of aryl methyl sites for hydroxylation is 1. The minimum atomic E-state index is -0.194. The molecule has 1 heterocycles. The van der Waals surface area contributed by atoms with Crippen molar-refractivity contribution in [3.05, 3.63) is 47.9 Å². The van der Waals surface area contributed by atoms with E-state index in [9.17, 15) is 0 Å². The fourth-order valence-electron chi connectivity index (χ4n) is 1.66. The Morgan fingerprint density at radius 3 is 2.39 bits per heavy atom. The summed E-state index contributed by atoms with van der Waals surface area (Å²) >= 11 is 0. The Balaban J connectivity index is 2.41. The number of hydrogen-bond donors (Lipinski definition) is 1. The largest absolute Gasteiger partial charge is 0.329 e. The molecule has 0 amide bonds. The van der Waals surface area contributed by atoms with Crippen LogP contribution in [0.2, 0.25) is 0 Å². The maximum atomic E-state index is 5.77. The van der Waals surface area contributed by atoms with Crippen LogP contribution in [0.5, 0.6) is 0 Å². The molecule has 0 saturated carbocycles. The Labute approximate surface area is 108 Å².